The first kappa shape index (κ1) is 22.2. The Morgan fingerprint density at radius 3 is 2.53 bits per heavy atom. The van der Waals surface area contributed by atoms with Gasteiger partial charge in [-0.3, -0.25) is 14.5 Å². The highest BCUT2D eigenvalue weighted by atomic mass is 19.1. The molecule has 2 aromatic carbocycles. The summed E-state index contributed by atoms with van der Waals surface area (Å²) >= 11 is 0. The van der Waals surface area contributed by atoms with E-state index in [4.69, 9.17) is 5.73 Å². The fourth-order valence-corrected chi connectivity index (χ4v) is 5.03. The van der Waals surface area contributed by atoms with Crippen molar-refractivity contribution in [3.05, 3.63) is 76.0 Å². The number of piperazine rings is 1. The van der Waals surface area contributed by atoms with Crippen LogP contribution in [0.25, 0.3) is 16.3 Å². The van der Waals surface area contributed by atoms with Crippen LogP contribution in [0.2, 0.25) is 0 Å². The van der Waals surface area contributed by atoms with Crippen LogP contribution in [0.1, 0.15) is 28.9 Å². The summed E-state index contributed by atoms with van der Waals surface area (Å²) in [7, 11) is 1.63. The molecule has 1 fully saturated rings. The van der Waals surface area contributed by atoms with Crippen molar-refractivity contribution in [3.63, 3.8) is 0 Å². The molecule has 176 valence electrons. The van der Waals surface area contributed by atoms with E-state index in [1.165, 1.54) is 12.1 Å². The smallest absolute Gasteiger partial charge is 0.256 e. The van der Waals surface area contributed by atoms with E-state index in [-0.39, 0.29) is 22.5 Å². The van der Waals surface area contributed by atoms with Crippen molar-refractivity contribution in [2.24, 2.45) is 0 Å². The number of benzene rings is 2. The molecular weight excluding hydrogens is 433 g/mol. The number of H-pyrrole nitrogens is 1. The summed E-state index contributed by atoms with van der Waals surface area (Å²) in [5.74, 6) is -0.590. The molecular formula is C26H28FN5O2. The van der Waals surface area contributed by atoms with Gasteiger partial charge >= 0.3 is 0 Å². The number of nitrogen functional groups attached to an aromatic ring is 1. The first-order valence-corrected chi connectivity index (χ1v) is 11.6. The number of hydrogen-bond acceptors (Lipinski definition) is 5. The molecule has 2 heterocycles. The molecule has 0 radical (unpaired) electrons. The molecule has 5 rings (SSSR count). The number of rotatable bonds is 4. The average molecular weight is 462 g/mol. The number of carbonyl (C=O) groups excluding carboxylic acids is 1. The second-order valence-electron chi connectivity index (χ2n) is 8.92. The number of aromatic nitrogens is 1. The Labute approximate surface area is 197 Å². The van der Waals surface area contributed by atoms with E-state index in [9.17, 15) is 14.0 Å². The predicted molar refractivity (Wildman–Crippen MR) is 134 cm³/mol. The van der Waals surface area contributed by atoms with Gasteiger partial charge in [0, 0.05) is 67.3 Å². The number of nitrogens with zero attached hydrogens (tertiary/aromatic N) is 2. The van der Waals surface area contributed by atoms with Crippen LogP contribution in [0.3, 0.4) is 0 Å². The third kappa shape index (κ3) is 4.17. The molecule has 4 N–H and O–H groups in total. The normalized spacial score (nSPS) is 18.8. The molecule has 2 aliphatic rings. The first-order chi connectivity index (χ1) is 16.4. The Kier molecular flexibility index (Phi) is 5.83. The van der Waals surface area contributed by atoms with E-state index in [1.807, 2.05) is 30.3 Å². The van der Waals surface area contributed by atoms with Gasteiger partial charge in [-0.25, -0.2) is 4.39 Å². The lowest BCUT2D eigenvalue weighted by Gasteiger charge is -2.38. The largest absolute Gasteiger partial charge is 0.398 e. The van der Waals surface area contributed by atoms with Crippen molar-refractivity contribution >= 4 is 33.6 Å². The van der Waals surface area contributed by atoms with Crippen molar-refractivity contribution < 1.29 is 9.18 Å². The SMILES string of the molecule is CNC(=O)c1ccc(N2CCN([C@@H]3C=C(c4cc5c(N)cc(F)cc5c(=O)[nH]4)CC3)CC2)cc1. The minimum atomic E-state index is -0.509. The van der Waals surface area contributed by atoms with Crippen molar-refractivity contribution in [1.29, 1.82) is 0 Å². The quantitative estimate of drug-likeness (QED) is 0.520. The van der Waals surface area contributed by atoms with Crippen molar-refractivity contribution in [2.75, 3.05) is 43.9 Å². The van der Waals surface area contributed by atoms with E-state index < -0.39 is 5.82 Å². The lowest BCUT2D eigenvalue weighted by molar-refractivity contribution is 0.0963. The fraction of sp³-hybridized carbons (Fsp3) is 0.308. The number of carbonyl (C=O) groups is 1. The lowest BCUT2D eigenvalue weighted by atomic mass is 10.1. The molecule has 7 nitrogen and oxygen atoms in total. The van der Waals surface area contributed by atoms with Gasteiger partial charge in [0.15, 0.2) is 0 Å². The number of pyridine rings is 1. The van der Waals surface area contributed by atoms with Gasteiger partial charge < -0.3 is 20.9 Å². The standard InChI is InChI=1S/C26H28FN5O2/c1-29-25(33)16-2-5-19(6-3-16)31-8-10-32(11-9-31)20-7-4-17(12-20)24-15-21-22(26(34)30-24)13-18(27)14-23(21)28/h2-3,5-6,12-15,20H,4,7-11,28H2,1H3,(H,29,33)(H,30,34)/t20-/m0/s1. The van der Waals surface area contributed by atoms with Crippen molar-refractivity contribution in [1.82, 2.24) is 15.2 Å². The zero-order valence-corrected chi connectivity index (χ0v) is 19.1. The van der Waals surface area contributed by atoms with Crippen LogP contribution >= 0.6 is 0 Å². The van der Waals surface area contributed by atoms with Gasteiger partial charge in [-0.2, -0.15) is 0 Å². The highest BCUT2D eigenvalue weighted by molar-refractivity contribution is 5.94. The summed E-state index contributed by atoms with van der Waals surface area (Å²) in [5.41, 5.74) is 9.58. The lowest BCUT2D eigenvalue weighted by Crippen LogP contribution is -2.49. The van der Waals surface area contributed by atoms with Crippen LogP contribution in [-0.4, -0.2) is 55.1 Å². The van der Waals surface area contributed by atoms with Gasteiger partial charge in [-0.05, 0) is 60.9 Å². The third-order valence-corrected chi connectivity index (χ3v) is 6.91. The van der Waals surface area contributed by atoms with Gasteiger partial charge in [0.05, 0.1) is 5.39 Å². The van der Waals surface area contributed by atoms with Crippen molar-refractivity contribution in [3.8, 4) is 0 Å². The molecule has 0 bridgehead atoms. The zero-order chi connectivity index (χ0) is 23.8. The molecule has 1 aliphatic heterocycles. The second kappa shape index (κ2) is 8.95. The molecule has 1 saturated heterocycles. The summed E-state index contributed by atoms with van der Waals surface area (Å²) < 4.78 is 13.7. The summed E-state index contributed by atoms with van der Waals surface area (Å²) in [6.07, 6.45) is 4.11. The maximum atomic E-state index is 13.7. The predicted octanol–water partition coefficient (Wildman–Crippen LogP) is 2.98. The van der Waals surface area contributed by atoms with Crippen LogP contribution in [0, 0.1) is 5.82 Å². The number of aromatic amines is 1. The molecule has 0 saturated carbocycles. The van der Waals surface area contributed by atoms with E-state index in [0.29, 0.717) is 17.0 Å². The Morgan fingerprint density at radius 2 is 1.82 bits per heavy atom. The van der Waals surface area contributed by atoms with Crippen LogP contribution in [-0.2, 0) is 0 Å². The minimum Gasteiger partial charge on any atom is -0.398 e. The Hall–Kier alpha value is -3.65. The summed E-state index contributed by atoms with van der Waals surface area (Å²) in [5, 5.41) is 3.50. The van der Waals surface area contributed by atoms with Gasteiger partial charge in [-0.15, -0.1) is 0 Å². The molecule has 0 unspecified atom stereocenters. The maximum Gasteiger partial charge on any atom is 0.256 e. The summed E-state index contributed by atoms with van der Waals surface area (Å²) in [4.78, 5) is 32.0. The second-order valence-corrected chi connectivity index (χ2v) is 8.92. The number of anilines is 2. The van der Waals surface area contributed by atoms with Gasteiger partial charge in [0.25, 0.3) is 11.5 Å². The van der Waals surface area contributed by atoms with Crippen LogP contribution in [0.15, 0.2) is 53.3 Å². The Morgan fingerprint density at radius 1 is 1.09 bits per heavy atom. The number of halogens is 1. The van der Waals surface area contributed by atoms with E-state index in [0.717, 1.165) is 56.0 Å². The van der Waals surface area contributed by atoms with E-state index in [2.05, 4.69) is 26.2 Å². The van der Waals surface area contributed by atoms with Crippen LogP contribution in [0.5, 0.6) is 0 Å². The molecule has 1 amide bonds. The number of nitrogens with two attached hydrogens (primary N) is 1. The Balaban J connectivity index is 1.27. The average Bonchev–Trinajstić information content (AvgIpc) is 3.35. The maximum absolute atomic E-state index is 13.7. The van der Waals surface area contributed by atoms with E-state index in [1.54, 1.807) is 7.05 Å². The Bertz CT molecular complexity index is 1320. The van der Waals surface area contributed by atoms with Gasteiger partial charge in [-0.1, -0.05) is 6.08 Å². The molecule has 1 atom stereocenters. The van der Waals surface area contributed by atoms with Crippen LogP contribution in [0.4, 0.5) is 15.8 Å². The highest BCUT2D eigenvalue weighted by Crippen LogP contribution is 2.32. The number of fused-ring (bicyclic) bond motifs is 1. The topological polar surface area (TPSA) is 94.5 Å². The number of amides is 1. The number of nitrogens with one attached hydrogen (secondary N) is 2. The molecule has 0 spiro atoms. The molecule has 1 aliphatic carbocycles. The monoisotopic (exact) mass is 461 g/mol. The summed E-state index contributed by atoms with van der Waals surface area (Å²) in [6.45, 7) is 3.69. The molecule has 1 aromatic heterocycles. The molecule has 34 heavy (non-hydrogen) atoms. The third-order valence-electron chi connectivity index (χ3n) is 6.91. The van der Waals surface area contributed by atoms with Crippen molar-refractivity contribution in [2.45, 2.75) is 18.9 Å². The highest BCUT2D eigenvalue weighted by Gasteiger charge is 2.27. The minimum absolute atomic E-state index is 0.0807. The van der Waals surface area contributed by atoms with Crippen LogP contribution < -0.4 is 21.5 Å². The molecule has 3 aromatic rings. The van der Waals surface area contributed by atoms with Gasteiger partial charge in [0.2, 0.25) is 0 Å². The van der Waals surface area contributed by atoms with Gasteiger partial charge in [0.1, 0.15) is 5.82 Å². The fourth-order valence-electron chi connectivity index (χ4n) is 5.03. The number of hydrogen-bond donors (Lipinski definition) is 3. The first-order valence-electron chi connectivity index (χ1n) is 11.6. The zero-order valence-electron chi connectivity index (χ0n) is 19.1. The molecule has 8 heteroatoms. The summed E-state index contributed by atoms with van der Waals surface area (Å²) in [6, 6.07) is 12.4. The van der Waals surface area contributed by atoms with E-state index >= 15 is 0 Å². The number of allylic oxidation sites excluding steroid dienone is 1.